The molecule has 0 spiro atoms. The predicted octanol–water partition coefficient (Wildman–Crippen LogP) is 2.45. The second-order valence-electron chi connectivity index (χ2n) is 6.52. The van der Waals surface area contributed by atoms with E-state index in [-0.39, 0.29) is 10.8 Å². The van der Waals surface area contributed by atoms with Gasteiger partial charge in [0.15, 0.2) is 0 Å². The number of likely N-dealkylation sites (tertiary alicyclic amines) is 1. The van der Waals surface area contributed by atoms with Crippen molar-refractivity contribution < 1.29 is 17.9 Å². The van der Waals surface area contributed by atoms with E-state index in [1.165, 1.54) is 12.1 Å². The maximum absolute atomic E-state index is 12.4. The molecule has 2 aromatic rings. The fourth-order valence-electron chi connectivity index (χ4n) is 3.08. The number of hydrogen-bond acceptors (Lipinski definition) is 4. The van der Waals surface area contributed by atoms with Crippen LogP contribution in [0.3, 0.4) is 0 Å². The van der Waals surface area contributed by atoms with Gasteiger partial charge in [0.05, 0.1) is 12.0 Å². The second kappa shape index (κ2) is 8.54. The van der Waals surface area contributed by atoms with Crippen LogP contribution in [0.4, 0.5) is 0 Å². The molecule has 3 rings (SSSR count). The lowest BCUT2D eigenvalue weighted by molar-refractivity contribution is 0.0792. The van der Waals surface area contributed by atoms with Crippen LogP contribution in [0.1, 0.15) is 28.8 Å². The number of amides is 1. The first-order chi connectivity index (χ1) is 13.0. The molecule has 1 aliphatic rings. The Labute approximate surface area is 160 Å². The van der Waals surface area contributed by atoms with Crippen molar-refractivity contribution >= 4 is 15.9 Å². The van der Waals surface area contributed by atoms with Gasteiger partial charge in [0.1, 0.15) is 5.75 Å². The summed E-state index contributed by atoms with van der Waals surface area (Å²) in [5, 5.41) is 0. The van der Waals surface area contributed by atoms with E-state index >= 15 is 0 Å². The van der Waals surface area contributed by atoms with Crippen LogP contribution in [-0.2, 0) is 16.4 Å². The van der Waals surface area contributed by atoms with Crippen LogP contribution < -0.4 is 9.46 Å². The molecule has 0 saturated carbocycles. The molecule has 1 fully saturated rings. The molecule has 0 unspecified atom stereocenters. The van der Waals surface area contributed by atoms with Gasteiger partial charge in [-0.3, -0.25) is 4.79 Å². The van der Waals surface area contributed by atoms with E-state index in [2.05, 4.69) is 4.72 Å². The summed E-state index contributed by atoms with van der Waals surface area (Å²) < 4.78 is 32.6. The van der Waals surface area contributed by atoms with Crippen LogP contribution in [0.5, 0.6) is 5.75 Å². The van der Waals surface area contributed by atoms with Crippen molar-refractivity contribution in [3.05, 3.63) is 59.7 Å². The molecule has 1 aliphatic heterocycles. The van der Waals surface area contributed by atoms with Gasteiger partial charge in [-0.15, -0.1) is 0 Å². The van der Waals surface area contributed by atoms with Crippen LogP contribution in [-0.4, -0.2) is 46.0 Å². The number of hydrogen-bond donors (Lipinski definition) is 1. The molecule has 0 aliphatic carbocycles. The zero-order valence-electron chi connectivity index (χ0n) is 15.3. The quantitative estimate of drug-likeness (QED) is 0.791. The second-order valence-corrected chi connectivity index (χ2v) is 8.29. The number of nitrogens with one attached hydrogen (secondary N) is 1. The molecule has 0 aromatic heterocycles. The first-order valence-corrected chi connectivity index (χ1v) is 10.5. The molecule has 2 aromatic carbocycles. The van der Waals surface area contributed by atoms with Gasteiger partial charge < -0.3 is 9.64 Å². The number of carbonyl (C=O) groups is 1. The average molecular weight is 388 g/mol. The Bertz CT molecular complexity index is 871. The van der Waals surface area contributed by atoms with Crippen molar-refractivity contribution in [1.29, 1.82) is 0 Å². The third-order valence-electron chi connectivity index (χ3n) is 4.67. The summed E-state index contributed by atoms with van der Waals surface area (Å²) in [5.74, 6) is 0.729. The zero-order valence-corrected chi connectivity index (χ0v) is 16.2. The predicted molar refractivity (Wildman–Crippen MR) is 103 cm³/mol. The monoisotopic (exact) mass is 388 g/mol. The minimum Gasteiger partial charge on any atom is -0.497 e. The number of sulfonamides is 1. The van der Waals surface area contributed by atoms with Crippen LogP contribution in [0, 0.1) is 0 Å². The summed E-state index contributed by atoms with van der Waals surface area (Å²) in [6, 6.07) is 13.6. The standard InChI is InChI=1S/C20H24N2O4S/c1-26-18-8-4-16(5-9-18)12-13-21-27(24,25)19-10-6-17(7-11-19)20(23)22-14-2-3-15-22/h4-11,21H,2-3,12-15H2,1H3. The lowest BCUT2D eigenvalue weighted by atomic mass is 10.1. The minimum atomic E-state index is -3.60. The Morgan fingerprint density at radius 1 is 1.04 bits per heavy atom. The van der Waals surface area contributed by atoms with E-state index in [9.17, 15) is 13.2 Å². The Hall–Kier alpha value is -2.38. The summed E-state index contributed by atoms with van der Waals surface area (Å²) in [5.41, 5.74) is 1.54. The highest BCUT2D eigenvalue weighted by molar-refractivity contribution is 7.89. The number of nitrogens with zero attached hydrogens (tertiary/aromatic N) is 1. The van der Waals surface area contributed by atoms with Crippen LogP contribution >= 0.6 is 0 Å². The number of ether oxygens (including phenoxy) is 1. The smallest absolute Gasteiger partial charge is 0.253 e. The van der Waals surface area contributed by atoms with E-state index in [0.29, 0.717) is 18.5 Å². The van der Waals surface area contributed by atoms with E-state index in [1.54, 1.807) is 24.1 Å². The topological polar surface area (TPSA) is 75.7 Å². The molecule has 0 atom stereocenters. The summed E-state index contributed by atoms with van der Waals surface area (Å²) in [4.78, 5) is 14.3. The first kappa shape index (κ1) is 19.4. The molecule has 0 radical (unpaired) electrons. The van der Waals surface area contributed by atoms with E-state index < -0.39 is 10.0 Å². The fourth-order valence-corrected chi connectivity index (χ4v) is 4.12. The maximum atomic E-state index is 12.4. The molecule has 27 heavy (non-hydrogen) atoms. The lowest BCUT2D eigenvalue weighted by Crippen LogP contribution is -2.28. The fraction of sp³-hybridized carbons (Fsp3) is 0.350. The van der Waals surface area contributed by atoms with Gasteiger partial charge in [0, 0.05) is 25.2 Å². The van der Waals surface area contributed by atoms with Crippen molar-refractivity contribution in [3.8, 4) is 5.75 Å². The van der Waals surface area contributed by atoms with Gasteiger partial charge in [-0.2, -0.15) is 0 Å². The highest BCUT2D eigenvalue weighted by Gasteiger charge is 2.20. The summed E-state index contributed by atoms with van der Waals surface area (Å²) in [6.07, 6.45) is 2.63. The van der Waals surface area contributed by atoms with Crippen molar-refractivity contribution in [2.24, 2.45) is 0 Å². The number of carbonyl (C=O) groups excluding carboxylic acids is 1. The van der Waals surface area contributed by atoms with Crippen molar-refractivity contribution in [2.75, 3.05) is 26.7 Å². The highest BCUT2D eigenvalue weighted by Crippen LogP contribution is 2.16. The van der Waals surface area contributed by atoms with Gasteiger partial charge in [-0.25, -0.2) is 13.1 Å². The third kappa shape index (κ3) is 4.87. The Morgan fingerprint density at radius 3 is 2.26 bits per heavy atom. The van der Waals surface area contributed by atoms with Gasteiger partial charge in [-0.05, 0) is 61.2 Å². The Balaban J connectivity index is 1.58. The first-order valence-electron chi connectivity index (χ1n) is 9.01. The van der Waals surface area contributed by atoms with Gasteiger partial charge in [-0.1, -0.05) is 12.1 Å². The molecule has 1 saturated heterocycles. The van der Waals surface area contributed by atoms with E-state index in [0.717, 1.165) is 37.2 Å². The van der Waals surface area contributed by atoms with Gasteiger partial charge >= 0.3 is 0 Å². The lowest BCUT2D eigenvalue weighted by Gasteiger charge is -2.15. The minimum absolute atomic E-state index is 0.0380. The molecule has 144 valence electrons. The van der Waals surface area contributed by atoms with E-state index in [4.69, 9.17) is 4.74 Å². The average Bonchev–Trinajstić information content (AvgIpc) is 3.23. The van der Waals surface area contributed by atoms with Crippen LogP contribution in [0.15, 0.2) is 53.4 Å². The molecule has 0 bridgehead atoms. The Morgan fingerprint density at radius 2 is 1.67 bits per heavy atom. The summed E-state index contributed by atoms with van der Waals surface area (Å²) in [6.45, 7) is 1.83. The number of benzene rings is 2. The van der Waals surface area contributed by atoms with Crippen molar-refractivity contribution in [1.82, 2.24) is 9.62 Å². The molecule has 6 nitrogen and oxygen atoms in total. The zero-order chi connectivity index (χ0) is 19.3. The van der Waals surface area contributed by atoms with Crippen molar-refractivity contribution in [3.63, 3.8) is 0 Å². The number of rotatable bonds is 7. The molecular weight excluding hydrogens is 364 g/mol. The van der Waals surface area contributed by atoms with E-state index in [1.807, 2.05) is 24.3 Å². The third-order valence-corrected chi connectivity index (χ3v) is 6.15. The largest absolute Gasteiger partial charge is 0.497 e. The molecule has 1 heterocycles. The van der Waals surface area contributed by atoms with Crippen LogP contribution in [0.2, 0.25) is 0 Å². The molecule has 7 heteroatoms. The van der Waals surface area contributed by atoms with Crippen molar-refractivity contribution in [2.45, 2.75) is 24.2 Å². The molecular formula is C20H24N2O4S. The summed E-state index contributed by atoms with van der Waals surface area (Å²) in [7, 11) is -2.00. The number of methoxy groups -OCH3 is 1. The van der Waals surface area contributed by atoms with Gasteiger partial charge in [0.25, 0.3) is 5.91 Å². The normalized spacial score (nSPS) is 14.3. The maximum Gasteiger partial charge on any atom is 0.253 e. The SMILES string of the molecule is COc1ccc(CCNS(=O)(=O)c2ccc(C(=O)N3CCCC3)cc2)cc1. The molecule has 1 amide bonds. The Kier molecular flexibility index (Phi) is 6.13. The highest BCUT2D eigenvalue weighted by atomic mass is 32.2. The van der Waals surface area contributed by atoms with Gasteiger partial charge in [0.2, 0.25) is 10.0 Å². The summed E-state index contributed by atoms with van der Waals surface area (Å²) >= 11 is 0. The molecule has 1 N–H and O–H groups in total. The van der Waals surface area contributed by atoms with Crippen LogP contribution in [0.25, 0.3) is 0 Å².